The highest BCUT2D eigenvalue weighted by atomic mass is 16.2. The number of nitrogens with zero attached hydrogens (tertiary/aromatic N) is 2. The Hall–Kier alpha value is -1.36. The SMILES string of the molecule is Cc1nn(C)cc1CNC(=O)C1(C)CCNCC1. The number of carbonyl (C=O) groups excluding carboxylic acids is 1. The Kier molecular flexibility index (Phi) is 3.71. The van der Waals surface area contributed by atoms with Crippen LogP contribution in [0, 0.1) is 12.3 Å². The van der Waals surface area contributed by atoms with Crippen molar-refractivity contribution in [3.63, 3.8) is 0 Å². The largest absolute Gasteiger partial charge is 0.351 e. The molecule has 5 heteroatoms. The molecule has 0 aliphatic carbocycles. The van der Waals surface area contributed by atoms with Crippen molar-refractivity contribution in [2.24, 2.45) is 12.5 Å². The molecule has 2 heterocycles. The van der Waals surface area contributed by atoms with Gasteiger partial charge < -0.3 is 10.6 Å². The molecule has 0 bridgehead atoms. The first-order valence-electron chi connectivity index (χ1n) is 6.49. The second-order valence-electron chi connectivity index (χ2n) is 5.41. The highest BCUT2D eigenvalue weighted by Crippen LogP contribution is 2.28. The number of piperidine rings is 1. The van der Waals surface area contributed by atoms with Crippen LogP contribution in [0.5, 0.6) is 0 Å². The number of aryl methyl sites for hydroxylation is 2. The van der Waals surface area contributed by atoms with E-state index < -0.39 is 0 Å². The highest BCUT2D eigenvalue weighted by molar-refractivity contribution is 5.82. The summed E-state index contributed by atoms with van der Waals surface area (Å²) in [6.07, 6.45) is 3.77. The maximum absolute atomic E-state index is 12.2. The molecule has 1 saturated heterocycles. The molecule has 1 aromatic rings. The fraction of sp³-hybridized carbons (Fsp3) is 0.692. The molecule has 1 aromatic heterocycles. The predicted octanol–water partition coefficient (Wildman–Crippen LogP) is 0.734. The van der Waals surface area contributed by atoms with E-state index in [9.17, 15) is 4.79 Å². The summed E-state index contributed by atoms with van der Waals surface area (Å²) in [5.41, 5.74) is 1.85. The average molecular weight is 250 g/mol. The van der Waals surface area contributed by atoms with E-state index in [1.165, 1.54) is 0 Å². The minimum atomic E-state index is -0.221. The first-order valence-corrected chi connectivity index (χ1v) is 6.49. The molecular weight excluding hydrogens is 228 g/mol. The van der Waals surface area contributed by atoms with Gasteiger partial charge in [0.15, 0.2) is 0 Å². The Labute approximate surface area is 108 Å². The van der Waals surface area contributed by atoms with Gasteiger partial charge in [-0.3, -0.25) is 9.48 Å². The molecule has 2 rings (SSSR count). The van der Waals surface area contributed by atoms with Gasteiger partial charge in [-0.2, -0.15) is 5.10 Å². The first kappa shape index (κ1) is 13.1. The third-order valence-corrected chi connectivity index (χ3v) is 3.81. The number of hydrogen-bond acceptors (Lipinski definition) is 3. The molecule has 0 saturated carbocycles. The van der Waals surface area contributed by atoms with E-state index in [1.807, 2.05) is 20.2 Å². The van der Waals surface area contributed by atoms with Crippen LogP contribution in [-0.2, 0) is 18.4 Å². The lowest BCUT2D eigenvalue weighted by Gasteiger charge is -2.32. The molecule has 0 unspecified atom stereocenters. The summed E-state index contributed by atoms with van der Waals surface area (Å²) in [7, 11) is 1.90. The van der Waals surface area contributed by atoms with E-state index in [1.54, 1.807) is 4.68 Å². The summed E-state index contributed by atoms with van der Waals surface area (Å²) in [5.74, 6) is 0.159. The molecular formula is C13H22N4O. The zero-order valence-corrected chi connectivity index (χ0v) is 11.4. The van der Waals surface area contributed by atoms with E-state index in [0.717, 1.165) is 37.2 Å². The van der Waals surface area contributed by atoms with Gasteiger partial charge in [0.05, 0.1) is 5.69 Å². The zero-order valence-electron chi connectivity index (χ0n) is 11.4. The van der Waals surface area contributed by atoms with Gasteiger partial charge in [-0.1, -0.05) is 6.92 Å². The van der Waals surface area contributed by atoms with Crippen LogP contribution in [0.3, 0.4) is 0 Å². The normalized spacial score (nSPS) is 18.6. The molecule has 0 spiro atoms. The molecule has 1 aliphatic rings. The summed E-state index contributed by atoms with van der Waals surface area (Å²) in [4.78, 5) is 12.2. The van der Waals surface area contributed by atoms with Gasteiger partial charge in [0.2, 0.25) is 5.91 Å². The minimum absolute atomic E-state index is 0.159. The predicted molar refractivity (Wildman–Crippen MR) is 70.0 cm³/mol. The average Bonchev–Trinajstić information content (AvgIpc) is 2.65. The first-order chi connectivity index (χ1) is 8.51. The second-order valence-corrected chi connectivity index (χ2v) is 5.41. The zero-order chi connectivity index (χ0) is 13.2. The summed E-state index contributed by atoms with van der Waals surface area (Å²) in [6, 6.07) is 0. The Balaban J connectivity index is 1.93. The van der Waals surface area contributed by atoms with Gasteiger partial charge >= 0.3 is 0 Å². The van der Waals surface area contributed by atoms with Crippen LogP contribution in [0.15, 0.2) is 6.20 Å². The summed E-state index contributed by atoms with van der Waals surface area (Å²) in [5, 5.41) is 10.6. The molecule has 0 radical (unpaired) electrons. The second kappa shape index (κ2) is 5.10. The molecule has 5 nitrogen and oxygen atoms in total. The van der Waals surface area contributed by atoms with Crippen molar-refractivity contribution in [2.75, 3.05) is 13.1 Å². The topological polar surface area (TPSA) is 59.0 Å². The fourth-order valence-electron chi connectivity index (χ4n) is 2.42. The maximum Gasteiger partial charge on any atom is 0.226 e. The Bertz CT molecular complexity index is 432. The van der Waals surface area contributed by atoms with Crippen LogP contribution in [0.25, 0.3) is 0 Å². The van der Waals surface area contributed by atoms with Gasteiger partial charge in [0.1, 0.15) is 0 Å². The standard InChI is InChI=1S/C13H22N4O/c1-10-11(9-17(3)16-10)8-15-12(18)13(2)4-6-14-7-5-13/h9,14H,4-8H2,1-3H3,(H,15,18). The van der Waals surface area contributed by atoms with E-state index in [-0.39, 0.29) is 11.3 Å². The number of nitrogens with one attached hydrogen (secondary N) is 2. The van der Waals surface area contributed by atoms with Gasteiger partial charge in [-0.05, 0) is 32.9 Å². The number of aromatic nitrogens is 2. The van der Waals surface area contributed by atoms with Crippen molar-refractivity contribution in [1.29, 1.82) is 0 Å². The molecule has 1 fully saturated rings. The Morgan fingerprint density at radius 2 is 2.22 bits per heavy atom. The Morgan fingerprint density at radius 3 is 2.78 bits per heavy atom. The third kappa shape index (κ3) is 2.72. The van der Waals surface area contributed by atoms with E-state index in [0.29, 0.717) is 6.54 Å². The summed E-state index contributed by atoms with van der Waals surface area (Å²) >= 11 is 0. The third-order valence-electron chi connectivity index (χ3n) is 3.81. The van der Waals surface area contributed by atoms with Crippen molar-refractivity contribution in [2.45, 2.75) is 33.2 Å². The van der Waals surface area contributed by atoms with Crippen molar-refractivity contribution in [3.8, 4) is 0 Å². The van der Waals surface area contributed by atoms with Crippen LogP contribution in [-0.4, -0.2) is 28.8 Å². The molecule has 0 atom stereocenters. The molecule has 1 aliphatic heterocycles. The Morgan fingerprint density at radius 1 is 1.56 bits per heavy atom. The lowest BCUT2D eigenvalue weighted by Crippen LogP contribution is -2.45. The smallest absolute Gasteiger partial charge is 0.226 e. The summed E-state index contributed by atoms with van der Waals surface area (Å²) < 4.78 is 1.78. The number of rotatable bonds is 3. The molecule has 0 aromatic carbocycles. The number of carbonyl (C=O) groups is 1. The monoisotopic (exact) mass is 250 g/mol. The van der Waals surface area contributed by atoms with E-state index in [4.69, 9.17) is 0 Å². The number of hydrogen-bond donors (Lipinski definition) is 2. The van der Waals surface area contributed by atoms with Crippen molar-refractivity contribution >= 4 is 5.91 Å². The molecule has 1 amide bonds. The minimum Gasteiger partial charge on any atom is -0.351 e. The van der Waals surface area contributed by atoms with Crippen LogP contribution in [0.1, 0.15) is 31.0 Å². The van der Waals surface area contributed by atoms with Gasteiger partial charge in [0.25, 0.3) is 0 Å². The maximum atomic E-state index is 12.2. The van der Waals surface area contributed by atoms with Crippen molar-refractivity contribution < 1.29 is 4.79 Å². The van der Waals surface area contributed by atoms with E-state index in [2.05, 4.69) is 22.7 Å². The van der Waals surface area contributed by atoms with Crippen molar-refractivity contribution in [3.05, 3.63) is 17.5 Å². The lowest BCUT2D eigenvalue weighted by atomic mass is 9.80. The van der Waals surface area contributed by atoms with Gasteiger partial charge in [-0.25, -0.2) is 0 Å². The van der Waals surface area contributed by atoms with Crippen LogP contribution < -0.4 is 10.6 Å². The molecule has 2 N–H and O–H groups in total. The van der Waals surface area contributed by atoms with Crippen molar-refractivity contribution in [1.82, 2.24) is 20.4 Å². The quantitative estimate of drug-likeness (QED) is 0.831. The van der Waals surface area contributed by atoms with Gasteiger partial charge in [-0.15, -0.1) is 0 Å². The molecule has 100 valence electrons. The van der Waals surface area contributed by atoms with E-state index >= 15 is 0 Å². The number of amides is 1. The van der Waals surface area contributed by atoms with Crippen LogP contribution in [0.4, 0.5) is 0 Å². The summed E-state index contributed by atoms with van der Waals surface area (Å²) in [6.45, 7) is 6.44. The fourth-order valence-corrected chi connectivity index (χ4v) is 2.42. The van der Waals surface area contributed by atoms with Crippen LogP contribution in [0.2, 0.25) is 0 Å². The van der Waals surface area contributed by atoms with Crippen LogP contribution >= 0.6 is 0 Å². The van der Waals surface area contributed by atoms with Gasteiger partial charge in [0, 0.05) is 30.8 Å². The molecule has 18 heavy (non-hydrogen) atoms. The highest BCUT2D eigenvalue weighted by Gasteiger charge is 2.34. The lowest BCUT2D eigenvalue weighted by molar-refractivity contribution is -0.131.